The van der Waals surface area contributed by atoms with Crippen LogP contribution < -0.4 is 0 Å². The average Bonchev–Trinajstić information content (AvgIpc) is 2.89. The Morgan fingerprint density at radius 3 is 2.14 bits per heavy atom. The van der Waals surface area contributed by atoms with E-state index in [0.29, 0.717) is 16.7 Å². The summed E-state index contributed by atoms with van der Waals surface area (Å²) in [5.41, 5.74) is 2.06. The molecule has 0 amide bonds. The topological polar surface area (TPSA) is 77.5 Å². The standard InChI is InChI=1S/C16H10O5S/c1-7-11-9-5-3-4-6-10(9)22(19,20)14(11)8(2)13-12(7)15(17)21-16(13)18/h3-6H,1-2H3. The number of carbonyl (C=O) groups excluding carboxylic acids is 2. The van der Waals surface area contributed by atoms with E-state index in [2.05, 4.69) is 4.74 Å². The van der Waals surface area contributed by atoms with Gasteiger partial charge in [-0.15, -0.1) is 0 Å². The summed E-state index contributed by atoms with van der Waals surface area (Å²) < 4.78 is 30.3. The van der Waals surface area contributed by atoms with E-state index in [1.54, 1.807) is 32.0 Å². The number of rotatable bonds is 0. The Balaban J connectivity index is 2.28. The van der Waals surface area contributed by atoms with Gasteiger partial charge < -0.3 is 4.74 Å². The summed E-state index contributed by atoms with van der Waals surface area (Å²) in [7, 11) is -3.70. The predicted octanol–water partition coefficient (Wildman–Crippen LogP) is 2.43. The number of benzene rings is 2. The van der Waals surface area contributed by atoms with Crippen molar-refractivity contribution >= 4 is 21.8 Å². The molecule has 6 heteroatoms. The summed E-state index contributed by atoms with van der Waals surface area (Å²) in [5.74, 6) is -1.50. The van der Waals surface area contributed by atoms with Crippen LogP contribution in [0.5, 0.6) is 0 Å². The summed E-state index contributed by atoms with van der Waals surface area (Å²) >= 11 is 0. The third kappa shape index (κ3) is 1.31. The first-order valence-corrected chi connectivity index (χ1v) is 8.12. The number of cyclic esters (lactones) is 2. The lowest BCUT2D eigenvalue weighted by Gasteiger charge is -2.11. The molecule has 0 N–H and O–H groups in total. The zero-order chi connectivity index (χ0) is 15.8. The van der Waals surface area contributed by atoms with Gasteiger partial charge in [0.25, 0.3) is 0 Å². The fourth-order valence-electron chi connectivity index (χ4n) is 3.35. The van der Waals surface area contributed by atoms with Crippen molar-refractivity contribution in [3.05, 3.63) is 46.5 Å². The van der Waals surface area contributed by atoms with E-state index in [1.165, 1.54) is 6.07 Å². The van der Waals surface area contributed by atoms with Gasteiger partial charge in [-0.1, -0.05) is 18.2 Å². The fraction of sp³-hybridized carbons (Fsp3) is 0.125. The smallest absolute Gasteiger partial charge is 0.347 e. The molecule has 2 aliphatic rings. The minimum atomic E-state index is -3.70. The van der Waals surface area contributed by atoms with E-state index in [1.807, 2.05) is 0 Å². The summed E-state index contributed by atoms with van der Waals surface area (Å²) in [4.78, 5) is 24.1. The monoisotopic (exact) mass is 314 g/mol. The first-order valence-electron chi connectivity index (χ1n) is 6.64. The highest BCUT2D eigenvalue weighted by molar-refractivity contribution is 7.92. The second kappa shape index (κ2) is 3.84. The lowest BCUT2D eigenvalue weighted by Crippen LogP contribution is -2.06. The number of carbonyl (C=O) groups is 2. The SMILES string of the molecule is Cc1c2c(c(C)c3c1-c1ccccc1S3(=O)=O)C(=O)OC2=O. The van der Waals surface area contributed by atoms with Crippen LogP contribution in [0, 0.1) is 13.8 Å². The van der Waals surface area contributed by atoms with Gasteiger partial charge in [-0.3, -0.25) is 0 Å². The number of esters is 2. The molecule has 4 rings (SSSR count). The number of ether oxygens (including phenoxy) is 1. The van der Waals surface area contributed by atoms with Gasteiger partial charge in [0, 0.05) is 11.1 Å². The van der Waals surface area contributed by atoms with Crippen molar-refractivity contribution in [2.24, 2.45) is 0 Å². The van der Waals surface area contributed by atoms with Gasteiger partial charge in [0.1, 0.15) is 0 Å². The van der Waals surface area contributed by atoms with Crippen molar-refractivity contribution in [1.82, 2.24) is 0 Å². The normalized spacial score (nSPS) is 17.0. The quantitative estimate of drug-likeness (QED) is 0.470. The molecule has 0 aliphatic carbocycles. The van der Waals surface area contributed by atoms with E-state index in [9.17, 15) is 18.0 Å². The molecular weight excluding hydrogens is 304 g/mol. The van der Waals surface area contributed by atoms with E-state index in [-0.39, 0.29) is 26.5 Å². The predicted molar refractivity (Wildman–Crippen MR) is 76.5 cm³/mol. The minimum absolute atomic E-state index is 0.0673. The zero-order valence-electron chi connectivity index (χ0n) is 11.8. The maximum Gasteiger partial charge on any atom is 0.347 e. The number of hydrogen-bond donors (Lipinski definition) is 0. The van der Waals surface area contributed by atoms with Crippen molar-refractivity contribution in [2.75, 3.05) is 0 Å². The molecule has 110 valence electrons. The van der Waals surface area contributed by atoms with Crippen LogP contribution in [0.25, 0.3) is 11.1 Å². The van der Waals surface area contributed by atoms with Crippen LogP contribution >= 0.6 is 0 Å². The van der Waals surface area contributed by atoms with Crippen LogP contribution in [0.15, 0.2) is 34.1 Å². The van der Waals surface area contributed by atoms with Crippen molar-refractivity contribution < 1.29 is 22.7 Å². The lowest BCUT2D eigenvalue weighted by atomic mass is 9.90. The van der Waals surface area contributed by atoms with Gasteiger partial charge in [-0.2, -0.15) is 0 Å². The third-order valence-corrected chi connectivity index (χ3v) is 6.23. The van der Waals surface area contributed by atoms with Crippen LogP contribution in [0.2, 0.25) is 0 Å². The fourth-order valence-corrected chi connectivity index (χ4v) is 5.32. The molecule has 22 heavy (non-hydrogen) atoms. The Hall–Kier alpha value is -2.47. The summed E-state index contributed by atoms with van der Waals surface area (Å²) in [6, 6.07) is 6.64. The molecule has 2 aromatic rings. The Morgan fingerprint density at radius 1 is 0.864 bits per heavy atom. The van der Waals surface area contributed by atoms with E-state index in [4.69, 9.17) is 0 Å². The highest BCUT2D eigenvalue weighted by atomic mass is 32.2. The maximum atomic E-state index is 12.8. The van der Waals surface area contributed by atoms with Crippen LogP contribution in [0.4, 0.5) is 0 Å². The van der Waals surface area contributed by atoms with E-state index < -0.39 is 21.8 Å². The minimum Gasteiger partial charge on any atom is -0.386 e. The molecule has 0 bridgehead atoms. The van der Waals surface area contributed by atoms with Crippen LogP contribution in [-0.2, 0) is 14.6 Å². The van der Waals surface area contributed by atoms with Crippen LogP contribution in [0.3, 0.4) is 0 Å². The molecular formula is C16H10O5S. The van der Waals surface area contributed by atoms with Crippen molar-refractivity contribution in [1.29, 1.82) is 0 Å². The van der Waals surface area contributed by atoms with Gasteiger partial charge in [0.15, 0.2) is 0 Å². The molecule has 2 aliphatic heterocycles. The molecule has 0 fully saturated rings. The van der Waals surface area contributed by atoms with Crippen molar-refractivity contribution in [3.8, 4) is 11.1 Å². The third-order valence-electron chi connectivity index (χ3n) is 4.25. The lowest BCUT2D eigenvalue weighted by molar-refractivity contribution is 0.0443. The Kier molecular flexibility index (Phi) is 2.30. The highest BCUT2D eigenvalue weighted by Crippen LogP contribution is 2.49. The number of sulfone groups is 1. The summed E-state index contributed by atoms with van der Waals surface area (Å²) in [6.07, 6.45) is 0. The van der Waals surface area contributed by atoms with Gasteiger partial charge in [-0.05, 0) is 31.0 Å². The summed E-state index contributed by atoms with van der Waals surface area (Å²) in [5, 5.41) is 0. The summed E-state index contributed by atoms with van der Waals surface area (Å²) in [6.45, 7) is 3.19. The molecule has 0 saturated carbocycles. The van der Waals surface area contributed by atoms with E-state index in [0.717, 1.165) is 0 Å². The molecule has 0 unspecified atom stereocenters. The number of fused-ring (bicyclic) bond motifs is 4. The molecule has 0 atom stereocenters. The second-order valence-corrected chi connectivity index (χ2v) is 7.24. The molecule has 0 aromatic heterocycles. The van der Waals surface area contributed by atoms with Gasteiger partial charge in [0.05, 0.1) is 20.9 Å². The molecule has 2 aromatic carbocycles. The number of hydrogen-bond acceptors (Lipinski definition) is 5. The Morgan fingerprint density at radius 2 is 1.45 bits per heavy atom. The molecule has 2 heterocycles. The second-order valence-electron chi connectivity index (χ2n) is 5.38. The van der Waals surface area contributed by atoms with Crippen LogP contribution in [0.1, 0.15) is 31.8 Å². The first-order chi connectivity index (χ1) is 10.4. The molecule has 0 spiro atoms. The van der Waals surface area contributed by atoms with E-state index >= 15 is 0 Å². The zero-order valence-corrected chi connectivity index (χ0v) is 12.6. The molecule has 5 nitrogen and oxygen atoms in total. The average molecular weight is 314 g/mol. The Labute approximate surface area is 126 Å². The highest BCUT2D eigenvalue weighted by Gasteiger charge is 2.43. The van der Waals surface area contributed by atoms with Gasteiger partial charge in [-0.25, -0.2) is 18.0 Å². The Bertz CT molecular complexity index is 1020. The van der Waals surface area contributed by atoms with Crippen molar-refractivity contribution in [3.63, 3.8) is 0 Å². The molecule has 0 saturated heterocycles. The maximum absolute atomic E-state index is 12.8. The first kappa shape index (κ1) is 13.2. The largest absolute Gasteiger partial charge is 0.386 e. The van der Waals surface area contributed by atoms with Gasteiger partial charge >= 0.3 is 11.9 Å². The van der Waals surface area contributed by atoms with Crippen molar-refractivity contribution in [2.45, 2.75) is 23.6 Å². The van der Waals surface area contributed by atoms with Crippen LogP contribution in [-0.4, -0.2) is 20.4 Å². The molecule has 0 radical (unpaired) electrons. The van der Waals surface area contributed by atoms with Gasteiger partial charge in [0.2, 0.25) is 9.84 Å².